The van der Waals surface area contributed by atoms with Crippen LogP contribution in [-0.2, 0) is 9.53 Å². The molecule has 1 rings (SSSR count). The number of aliphatic imine (C=N–C) groups is 1. The fourth-order valence-electron chi connectivity index (χ4n) is 1.57. The predicted molar refractivity (Wildman–Crippen MR) is 56.5 cm³/mol. The molecule has 0 radical (unpaired) electrons. The summed E-state index contributed by atoms with van der Waals surface area (Å²) in [5.41, 5.74) is -0.360. The number of hydrogen-bond donors (Lipinski definition) is 0. The Morgan fingerprint density at radius 3 is 2.43 bits per heavy atom. The number of carbonyl (C=O) groups is 1. The van der Waals surface area contributed by atoms with Crippen molar-refractivity contribution in [2.75, 3.05) is 7.05 Å². The maximum atomic E-state index is 11.5. The second-order valence-electron chi connectivity index (χ2n) is 4.87. The molecule has 0 aliphatic heterocycles. The molecule has 0 spiro atoms. The Bertz CT molecular complexity index is 234. The van der Waals surface area contributed by atoms with Gasteiger partial charge in [-0.2, -0.15) is 0 Å². The second kappa shape index (κ2) is 4.11. The van der Waals surface area contributed by atoms with Crippen molar-refractivity contribution >= 4 is 12.2 Å². The lowest BCUT2D eigenvalue weighted by atomic mass is 9.75. The van der Waals surface area contributed by atoms with Crippen LogP contribution in [0.1, 0.15) is 33.6 Å². The Kier molecular flexibility index (Phi) is 3.29. The van der Waals surface area contributed by atoms with Crippen LogP contribution in [0.5, 0.6) is 0 Å². The first-order valence-corrected chi connectivity index (χ1v) is 5.07. The molecule has 0 bridgehead atoms. The van der Waals surface area contributed by atoms with Gasteiger partial charge in [-0.15, -0.1) is 0 Å². The Balaban J connectivity index is 2.30. The van der Waals surface area contributed by atoms with Gasteiger partial charge in [0.05, 0.1) is 5.92 Å². The van der Waals surface area contributed by atoms with E-state index in [0.717, 1.165) is 12.8 Å². The van der Waals surface area contributed by atoms with E-state index in [-0.39, 0.29) is 17.5 Å². The van der Waals surface area contributed by atoms with Crippen molar-refractivity contribution in [3.8, 4) is 0 Å². The number of nitrogens with zero attached hydrogens (tertiary/aromatic N) is 1. The van der Waals surface area contributed by atoms with Crippen molar-refractivity contribution in [3.05, 3.63) is 0 Å². The number of esters is 1. The molecule has 0 aromatic heterocycles. The second-order valence-corrected chi connectivity index (χ2v) is 4.87. The molecule has 0 N–H and O–H groups in total. The standard InChI is InChI=1S/C11H19NO2/c1-11(2,3)14-10(13)9-5-8(6-9)7-12-4/h7-9H,5-6H2,1-4H3/b12-7-. The Morgan fingerprint density at radius 1 is 1.43 bits per heavy atom. The Labute approximate surface area is 85.6 Å². The zero-order valence-electron chi connectivity index (χ0n) is 9.41. The summed E-state index contributed by atoms with van der Waals surface area (Å²) >= 11 is 0. The third-order valence-electron chi connectivity index (χ3n) is 2.27. The molecule has 3 nitrogen and oxygen atoms in total. The maximum absolute atomic E-state index is 11.5. The van der Waals surface area contributed by atoms with Gasteiger partial charge < -0.3 is 9.73 Å². The minimum absolute atomic E-state index is 0.0572. The van der Waals surface area contributed by atoms with E-state index in [1.165, 1.54) is 0 Å². The number of rotatable bonds is 2. The topological polar surface area (TPSA) is 38.7 Å². The van der Waals surface area contributed by atoms with Gasteiger partial charge in [-0.05, 0) is 39.5 Å². The van der Waals surface area contributed by atoms with Crippen LogP contribution in [0.25, 0.3) is 0 Å². The lowest BCUT2D eigenvalue weighted by Crippen LogP contribution is -2.36. The molecule has 0 aromatic rings. The number of ether oxygens (including phenoxy) is 1. The van der Waals surface area contributed by atoms with Gasteiger partial charge in [0.15, 0.2) is 0 Å². The highest BCUT2D eigenvalue weighted by Crippen LogP contribution is 2.34. The van der Waals surface area contributed by atoms with Gasteiger partial charge in [0.25, 0.3) is 0 Å². The zero-order chi connectivity index (χ0) is 10.8. The molecular weight excluding hydrogens is 178 g/mol. The Hall–Kier alpha value is -0.860. The van der Waals surface area contributed by atoms with Crippen LogP contribution < -0.4 is 0 Å². The van der Waals surface area contributed by atoms with Crippen LogP contribution in [0.15, 0.2) is 4.99 Å². The van der Waals surface area contributed by atoms with E-state index in [2.05, 4.69) is 4.99 Å². The lowest BCUT2D eigenvalue weighted by molar-refractivity contribution is -0.163. The normalized spacial score (nSPS) is 27.4. The molecule has 0 atom stereocenters. The fourth-order valence-corrected chi connectivity index (χ4v) is 1.57. The summed E-state index contributed by atoms with van der Waals surface area (Å²) in [5, 5.41) is 0. The maximum Gasteiger partial charge on any atom is 0.309 e. The first kappa shape index (κ1) is 11.2. The molecule has 0 aromatic carbocycles. The van der Waals surface area contributed by atoms with Gasteiger partial charge >= 0.3 is 5.97 Å². The van der Waals surface area contributed by atoms with E-state index in [0.29, 0.717) is 5.92 Å². The summed E-state index contributed by atoms with van der Waals surface area (Å²) in [6.45, 7) is 5.69. The molecule has 3 heteroatoms. The summed E-state index contributed by atoms with van der Waals surface area (Å²) < 4.78 is 5.28. The molecule has 80 valence electrons. The fraction of sp³-hybridized carbons (Fsp3) is 0.818. The Morgan fingerprint density at radius 2 is 2.00 bits per heavy atom. The molecule has 1 fully saturated rings. The van der Waals surface area contributed by atoms with Gasteiger partial charge in [0.1, 0.15) is 5.60 Å². The van der Waals surface area contributed by atoms with Crippen LogP contribution in [0.2, 0.25) is 0 Å². The van der Waals surface area contributed by atoms with Crippen molar-refractivity contribution in [1.29, 1.82) is 0 Å². The minimum atomic E-state index is -0.360. The quantitative estimate of drug-likeness (QED) is 0.502. The predicted octanol–water partition coefficient (Wildman–Crippen LogP) is 2.05. The van der Waals surface area contributed by atoms with Crippen molar-refractivity contribution in [2.24, 2.45) is 16.8 Å². The number of hydrogen-bond acceptors (Lipinski definition) is 3. The largest absolute Gasteiger partial charge is 0.460 e. The lowest BCUT2D eigenvalue weighted by Gasteiger charge is -2.33. The van der Waals surface area contributed by atoms with Gasteiger partial charge in [-0.1, -0.05) is 0 Å². The van der Waals surface area contributed by atoms with E-state index in [4.69, 9.17) is 4.74 Å². The van der Waals surface area contributed by atoms with E-state index in [1.54, 1.807) is 7.05 Å². The smallest absolute Gasteiger partial charge is 0.309 e. The van der Waals surface area contributed by atoms with Crippen LogP contribution >= 0.6 is 0 Å². The first-order valence-electron chi connectivity index (χ1n) is 5.07. The summed E-state index contributed by atoms with van der Waals surface area (Å²) in [5.74, 6) is 0.521. The summed E-state index contributed by atoms with van der Waals surface area (Å²) in [4.78, 5) is 15.5. The molecule has 1 aliphatic carbocycles. The van der Waals surface area contributed by atoms with E-state index in [1.807, 2.05) is 27.0 Å². The van der Waals surface area contributed by atoms with Crippen LogP contribution in [0, 0.1) is 11.8 Å². The van der Waals surface area contributed by atoms with Crippen LogP contribution in [0.4, 0.5) is 0 Å². The van der Waals surface area contributed by atoms with Gasteiger partial charge in [0.2, 0.25) is 0 Å². The zero-order valence-corrected chi connectivity index (χ0v) is 9.41. The van der Waals surface area contributed by atoms with Gasteiger partial charge in [-0.3, -0.25) is 4.79 Å². The molecule has 0 unspecified atom stereocenters. The third-order valence-corrected chi connectivity index (χ3v) is 2.27. The highest BCUT2D eigenvalue weighted by Gasteiger charge is 2.36. The average molecular weight is 197 g/mol. The molecular formula is C11H19NO2. The van der Waals surface area contributed by atoms with E-state index in [9.17, 15) is 4.79 Å². The average Bonchev–Trinajstić information content (AvgIpc) is 1.91. The van der Waals surface area contributed by atoms with Crippen molar-refractivity contribution in [1.82, 2.24) is 0 Å². The minimum Gasteiger partial charge on any atom is -0.460 e. The molecule has 1 aliphatic rings. The van der Waals surface area contributed by atoms with Gasteiger partial charge in [0, 0.05) is 13.3 Å². The molecule has 1 saturated carbocycles. The molecule has 0 amide bonds. The highest BCUT2D eigenvalue weighted by atomic mass is 16.6. The van der Waals surface area contributed by atoms with Gasteiger partial charge in [-0.25, -0.2) is 0 Å². The third kappa shape index (κ3) is 3.13. The van der Waals surface area contributed by atoms with Crippen molar-refractivity contribution in [3.63, 3.8) is 0 Å². The number of carbonyl (C=O) groups excluding carboxylic acids is 1. The molecule has 14 heavy (non-hydrogen) atoms. The highest BCUT2D eigenvalue weighted by molar-refractivity contribution is 5.76. The molecule has 0 heterocycles. The van der Waals surface area contributed by atoms with Crippen molar-refractivity contribution in [2.45, 2.75) is 39.2 Å². The first-order chi connectivity index (χ1) is 6.42. The van der Waals surface area contributed by atoms with E-state index < -0.39 is 0 Å². The summed E-state index contributed by atoms with van der Waals surface area (Å²) in [6.07, 6.45) is 3.71. The summed E-state index contributed by atoms with van der Waals surface area (Å²) in [7, 11) is 1.76. The van der Waals surface area contributed by atoms with E-state index >= 15 is 0 Å². The SMILES string of the molecule is C/N=C\C1CC(C(=O)OC(C)(C)C)C1. The van der Waals surface area contributed by atoms with Crippen molar-refractivity contribution < 1.29 is 9.53 Å². The summed E-state index contributed by atoms with van der Waals surface area (Å²) in [6, 6.07) is 0. The monoisotopic (exact) mass is 197 g/mol. The molecule has 0 saturated heterocycles. The van der Waals surface area contributed by atoms with Crippen LogP contribution in [-0.4, -0.2) is 24.8 Å². The van der Waals surface area contributed by atoms with Crippen LogP contribution in [0.3, 0.4) is 0 Å².